The Labute approximate surface area is 132 Å². The number of ether oxygens (including phenoxy) is 1. The SMILES string of the molecule is CCCCCCCCOc1cc(NO)c(N)cc1C(F)(F)P. The van der Waals surface area contributed by atoms with Crippen LogP contribution >= 0.6 is 9.24 Å². The van der Waals surface area contributed by atoms with Gasteiger partial charge in [0.15, 0.2) is 0 Å². The van der Waals surface area contributed by atoms with E-state index in [-0.39, 0.29) is 22.7 Å². The summed E-state index contributed by atoms with van der Waals surface area (Å²) in [5.74, 6) is 0.0271. The minimum Gasteiger partial charge on any atom is -0.493 e. The van der Waals surface area contributed by atoms with Crippen LogP contribution in [0.1, 0.15) is 51.0 Å². The average Bonchev–Trinajstić information content (AvgIpc) is 2.46. The molecule has 1 atom stereocenters. The number of hydrogen-bond acceptors (Lipinski definition) is 4. The van der Waals surface area contributed by atoms with Gasteiger partial charge in [-0.05, 0) is 12.5 Å². The first-order valence-electron chi connectivity index (χ1n) is 7.53. The molecule has 0 aliphatic carbocycles. The molecule has 0 aliphatic heterocycles. The molecule has 0 saturated heterocycles. The van der Waals surface area contributed by atoms with Gasteiger partial charge in [0.25, 0.3) is 5.66 Å². The molecule has 126 valence electrons. The fraction of sp³-hybridized carbons (Fsp3) is 0.600. The second-order valence-electron chi connectivity index (χ2n) is 5.29. The zero-order valence-electron chi connectivity index (χ0n) is 12.9. The number of nitrogens with two attached hydrogens (primary N) is 1. The topological polar surface area (TPSA) is 67.5 Å². The minimum atomic E-state index is -3.14. The molecule has 1 unspecified atom stereocenters. The van der Waals surface area contributed by atoms with Crippen molar-refractivity contribution in [2.24, 2.45) is 0 Å². The quantitative estimate of drug-likeness (QED) is 0.250. The van der Waals surface area contributed by atoms with Crippen LogP contribution in [-0.2, 0) is 5.66 Å². The number of benzene rings is 1. The van der Waals surface area contributed by atoms with Gasteiger partial charge in [-0.3, -0.25) is 10.7 Å². The van der Waals surface area contributed by atoms with Crippen molar-refractivity contribution in [3.05, 3.63) is 17.7 Å². The third-order valence-electron chi connectivity index (χ3n) is 3.39. The number of unbranched alkanes of at least 4 members (excludes halogenated alkanes) is 5. The molecule has 22 heavy (non-hydrogen) atoms. The van der Waals surface area contributed by atoms with Crippen molar-refractivity contribution >= 4 is 20.6 Å². The predicted molar refractivity (Wildman–Crippen MR) is 88.7 cm³/mol. The number of halogens is 2. The van der Waals surface area contributed by atoms with E-state index in [0.717, 1.165) is 25.3 Å². The van der Waals surface area contributed by atoms with Crippen LogP contribution < -0.4 is 16.0 Å². The van der Waals surface area contributed by atoms with Crippen LogP contribution in [-0.4, -0.2) is 11.8 Å². The molecule has 1 aromatic carbocycles. The number of anilines is 2. The summed E-state index contributed by atoms with van der Waals surface area (Å²) in [6, 6.07) is 2.40. The summed E-state index contributed by atoms with van der Waals surface area (Å²) in [6.45, 7) is 2.51. The van der Waals surface area contributed by atoms with Crippen LogP contribution in [0.4, 0.5) is 20.2 Å². The van der Waals surface area contributed by atoms with Gasteiger partial charge in [0.05, 0.1) is 23.5 Å². The van der Waals surface area contributed by atoms with E-state index in [9.17, 15) is 8.78 Å². The molecule has 4 N–H and O–H groups in total. The molecule has 0 fully saturated rings. The Morgan fingerprint density at radius 2 is 1.86 bits per heavy atom. The molecule has 1 rings (SSSR count). The molecule has 0 bridgehead atoms. The highest BCUT2D eigenvalue weighted by Gasteiger charge is 2.30. The van der Waals surface area contributed by atoms with E-state index in [1.165, 1.54) is 34.6 Å². The maximum absolute atomic E-state index is 13.6. The molecule has 0 radical (unpaired) electrons. The van der Waals surface area contributed by atoms with Crippen LogP contribution in [0, 0.1) is 0 Å². The highest BCUT2D eigenvalue weighted by Crippen LogP contribution is 2.43. The van der Waals surface area contributed by atoms with Crippen molar-refractivity contribution in [3.63, 3.8) is 0 Å². The summed E-state index contributed by atoms with van der Waals surface area (Å²) < 4.78 is 32.6. The predicted octanol–water partition coefficient (Wildman–Crippen LogP) is 4.73. The Kier molecular flexibility index (Phi) is 7.83. The van der Waals surface area contributed by atoms with Gasteiger partial charge in [-0.15, -0.1) is 0 Å². The summed E-state index contributed by atoms with van der Waals surface area (Å²) >= 11 is 0. The molecule has 0 heterocycles. The fourth-order valence-electron chi connectivity index (χ4n) is 2.14. The van der Waals surface area contributed by atoms with E-state index in [1.54, 1.807) is 0 Å². The second-order valence-corrected chi connectivity index (χ2v) is 6.01. The molecule has 0 saturated carbocycles. The van der Waals surface area contributed by atoms with Gasteiger partial charge in [-0.1, -0.05) is 48.3 Å². The zero-order chi connectivity index (χ0) is 16.6. The lowest BCUT2D eigenvalue weighted by atomic mass is 10.1. The van der Waals surface area contributed by atoms with Gasteiger partial charge in [0.2, 0.25) is 0 Å². The van der Waals surface area contributed by atoms with Gasteiger partial charge < -0.3 is 10.5 Å². The standard InChI is InChI=1S/C15H25F2N2O2P/c1-2-3-4-5-6-7-8-21-14-10-13(19-20)12(18)9-11(14)15(16,17)22/h9-10,19-20H,2-8,18,22H2,1H3. The summed E-state index contributed by atoms with van der Waals surface area (Å²) in [5, 5.41) is 8.95. The molecule has 0 aromatic heterocycles. The lowest BCUT2D eigenvalue weighted by Crippen LogP contribution is -2.10. The average molecular weight is 334 g/mol. The Bertz CT molecular complexity index is 468. The Balaban J connectivity index is 2.64. The molecule has 7 heteroatoms. The fourth-order valence-corrected chi connectivity index (χ4v) is 2.36. The van der Waals surface area contributed by atoms with Crippen LogP contribution in [0.15, 0.2) is 12.1 Å². The van der Waals surface area contributed by atoms with Gasteiger partial charge in [-0.2, -0.15) is 8.78 Å². The number of rotatable bonds is 10. The van der Waals surface area contributed by atoms with Gasteiger partial charge >= 0.3 is 0 Å². The highest BCUT2D eigenvalue weighted by molar-refractivity contribution is 7.17. The zero-order valence-corrected chi connectivity index (χ0v) is 14.0. The summed E-state index contributed by atoms with van der Waals surface area (Å²) in [5.41, 5.74) is 4.22. The van der Waals surface area contributed by atoms with Crippen molar-refractivity contribution in [3.8, 4) is 5.75 Å². The van der Waals surface area contributed by atoms with E-state index in [2.05, 4.69) is 6.92 Å². The van der Waals surface area contributed by atoms with E-state index >= 15 is 0 Å². The number of alkyl halides is 2. The summed E-state index contributed by atoms with van der Waals surface area (Å²) in [6.07, 6.45) is 6.52. The third kappa shape index (κ3) is 5.93. The first-order valence-corrected chi connectivity index (χ1v) is 8.11. The molecule has 4 nitrogen and oxygen atoms in total. The number of nitrogens with one attached hydrogen (secondary N) is 1. The first-order chi connectivity index (χ1) is 10.4. The van der Waals surface area contributed by atoms with Crippen LogP contribution in [0.25, 0.3) is 0 Å². The van der Waals surface area contributed by atoms with Crippen LogP contribution in [0.2, 0.25) is 0 Å². The smallest absolute Gasteiger partial charge is 0.287 e. The molecular formula is C15H25F2N2O2P. The van der Waals surface area contributed by atoms with E-state index < -0.39 is 5.66 Å². The number of hydrogen-bond donors (Lipinski definition) is 3. The van der Waals surface area contributed by atoms with E-state index in [0.29, 0.717) is 6.61 Å². The Morgan fingerprint density at radius 3 is 2.45 bits per heavy atom. The Hall–Kier alpha value is -1.13. The van der Waals surface area contributed by atoms with Crippen molar-refractivity contribution < 1.29 is 18.7 Å². The van der Waals surface area contributed by atoms with Gasteiger partial charge in [0, 0.05) is 6.07 Å². The maximum atomic E-state index is 13.6. The van der Waals surface area contributed by atoms with Crippen LogP contribution in [0.5, 0.6) is 5.75 Å². The third-order valence-corrected chi connectivity index (χ3v) is 3.70. The largest absolute Gasteiger partial charge is 0.493 e. The van der Waals surface area contributed by atoms with E-state index in [1.807, 2.05) is 5.48 Å². The molecule has 0 aliphatic rings. The molecule has 0 spiro atoms. The maximum Gasteiger partial charge on any atom is 0.287 e. The first kappa shape index (κ1) is 18.9. The van der Waals surface area contributed by atoms with E-state index in [4.69, 9.17) is 15.7 Å². The Morgan fingerprint density at radius 1 is 1.23 bits per heavy atom. The molecule has 0 amide bonds. The highest BCUT2D eigenvalue weighted by atomic mass is 31.0. The van der Waals surface area contributed by atoms with Gasteiger partial charge in [-0.25, -0.2) is 0 Å². The molecular weight excluding hydrogens is 309 g/mol. The van der Waals surface area contributed by atoms with Crippen molar-refractivity contribution in [2.45, 2.75) is 51.1 Å². The van der Waals surface area contributed by atoms with Crippen molar-refractivity contribution in [1.29, 1.82) is 0 Å². The lowest BCUT2D eigenvalue weighted by molar-refractivity contribution is 0.0990. The van der Waals surface area contributed by atoms with Gasteiger partial charge in [0.1, 0.15) is 5.75 Å². The molecule has 1 aromatic rings. The monoisotopic (exact) mass is 334 g/mol. The lowest BCUT2D eigenvalue weighted by Gasteiger charge is -2.18. The second kappa shape index (κ2) is 9.11. The van der Waals surface area contributed by atoms with Crippen molar-refractivity contribution in [1.82, 2.24) is 0 Å². The summed E-state index contributed by atoms with van der Waals surface area (Å²) in [7, 11) is 1.47. The minimum absolute atomic E-state index is 0.0271. The normalized spacial score (nSPS) is 11.5. The number of nitrogen functional groups attached to an aromatic ring is 1. The van der Waals surface area contributed by atoms with Crippen molar-refractivity contribution in [2.75, 3.05) is 17.8 Å². The summed E-state index contributed by atoms with van der Waals surface area (Å²) in [4.78, 5) is 0. The van der Waals surface area contributed by atoms with Crippen LogP contribution in [0.3, 0.4) is 0 Å².